The summed E-state index contributed by atoms with van der Waals surface area (Å²) >= 11 is 4.44. The third kappa shape index (κ3) is 5.22. The van der Waals surface area contributed by atoms with E-state index in [1.165, 1.54) is 23.1 Å². The van der Waals surface area contributed by atoms with Gasteiger partial charge in [-0.3, -0.25) is 4.79 Å². The zero-order chi connectivity index (χ0) is 15.1. The van der Waals surface area contributed by atoms with Crippen LogP contribution in [0.3, 0.4) is 0 Å². The zero-order valence-electron chi connectivity index (χ0n) is 11.7. The maximum atomic E-state index is 11.9. The summed E-state index contributed by atoms with van der Waals surface area (Å²) in [4.78, 5) is 11.9. The SMILES string of the molecule is CCOc1ccc(NC(=O)CSc2nnc(SC)s2)cc1. The monoisotopic (exact) mass is 341 g/mol. The second-order valence-electron chi connectivity index (χ2n) is 3.83. The van der Waals surface area contributed by atoms with Gasteiger partial charge >= 0.3 is 0 Å². The van der Waals surface area contributed by atoms with Crippen molar-refractivity contribution in [1.29, 1.82) is 0 Å². The van der Waals surface area contributed by atoms with E-state index < -0.39 is 0 Å². The zero-order valence-corrected chi connectivity index (χ0v) is 14.1. The van der Waals surface area contributed by atoms with Crippen molar-refractivity contribution in [3.8, 4) is 5.75 Å². The lowest BCUT2D eigenvalue weighted by molar-refractivity contribution is -0.113. The van der Waals surface area contributed by atoms with Crippen LogP contribution in [0.1, 0.15) is 6.92 Å². The van der Waals surface area contributed by atoms with Crippen LogP contribution in [-0.4, -0.2) is 34.7 Å². The van der Waals surface area contributed by atoms with Gasteiger partial charge in [0.2, 0.25) is 5.91 Å². The Bertz CT molecular complexity index is 587. The van der Waals surface area contributed by atoms with Crippen LogP contribution in [-0.2, 0) is 4.79 Å². The lowest BCUT2D eigenvalue weighted by atomic mass is 10.3. The predicted molar refractivity (Wildman–Crippen MR) is 88.7 cm³/mol. The molecule has 0 unspecified atom stereocenters. The van der Waals surface area contributed by atoms with Gasteiger partial charge in [0.15, 0.2) is 8.68 Å². The molecule has 8 heteroatoms. The number of hydrogen-bond donors (Lipinski definition) is 1. The fraction of sp³-hybridized carbons (Fsp3) is 0.308. The molecule has 0 spiro atoms. The molecule has 0 saturated heterocycles. The lowest BCUT2D eigenvalue weighted by Crippen LogP contribution is -2.13. The number of amides is 1. The maximum absolute atomic E-state index is 11.9. The summed E-state index contributed by atoms with van der Waals surface area (Å²) in [5, 5.41) is 10.8. The van der Waals surface area contributed by atoms with E-state index in [-0.39, 0.29) is 5.91 Å². The summed E-state index contributed by atoms with van der Waals surface area (Å²) in [5.74, 6) is 1.05. The second kappa shape index (κ2) is 8.26. The number of rotatable bonds is 7. The highest BCUT2D eigenvalue weighted by molar-refractivity contribution is 8.03. The normalized spacial score (nSPS) is 10.4. The average molecular weight is 341 g/mol. The molecule has 1 aromatic heterocycles. The molecule has 0 aliphatic rings. The summed E-state index contributed by atoms with van der Waals surface area (Å²) in [5.41, 5.74) is 0.756. The number of ether oxygens (including phenoxy) is 1. The van der Waals surface area contributed by atoms with Crippen molar-refractivity contribution in [2.45, 2.75) is 15.6 Å². The van der Waals surface area contributed by atoms with Gasteiger partial charge in [0, 0.05) is 5.69 Å². The van der Waals surface area contributed by atoms with Gasteiger partial charge in [-0.2, -0.15) is 0 Å². The number of nitrogens with zero attached hydrogens (tertiary/aromatic N) is 2. The fourth-order valence-corrected chi connectivity index (χ4v) is 3.70. The number of benzene rings is 1. The third-order valence-corrected chi connectivity index (χ3v) is 5.37. The largest absolute Gasteiger partial charge is 0.494 e. The Labute approximate surface area is 135 Å². The van der Waals surface area contributed by atoms with Gasteiger partial charge in [0.25, 0.3) is 0 Å². The molecular formula is C13H15N3O2S3. The van der Waals surface area contributed by atoms with Crippen LogP contribution in [0.25, 0.3) is 0 Å². The van der Waals surface area contributed by atoms with Gasteiger partial charge < -0.3 is 10.1 Å². The summed E-state index contributed by atoms with van der Waals surface area (Å²) in [7, 11) is 0. The fourth-order valence-electron chi connectivity index (χ4n) is 1.46. The summed E-state index contributed by atoms with van der Waals surface area (Å²) in [6.07, 6.45) is 1.95. The van der Waals surface area contributed by atoms with Crippen molar-refractivity contribution >= 4 is 46.5 Å². The Morgan fingerprint density at radius 3 is 2.62 bits per heavy atom. The third-order valence-electron chi connectivity index (χ3n) is 2.34. The lowest BCUT2D eigenvalue weighted by Gasteiger charge is -2.06. The highest BCUT2D eigenvalue weighted by Crippen LogP contribution is 2.27. The molecule has 0 aliphatic carbocycles. The Kier molecular flexibility index (Phi) is 6.34. The molecule has 21 heavy (non-hydrogen) atoms. The Hall–Kier alpha value is -1.25. The molecule has 2 aromatic rings. The van der Waals surface area contributed by atoms with E-state index in [2.05, 4.69) is 15.5 Å². The number of carbonyl (C=O) groups is 1. The van der Waals surface area contributed by atoms with E-state index in [0.29, 0.717) is 12.4 Å². The first kappa shape index (κ1) is 16.1. The van der Waals surface area contributed by atoms with Crippen LogP contribution in [0.5, 0.6) is 5.75 Å². The van der Waals surface area contributed by atoms with Crippen LogP contribution in [0.4, 0.5) is 5.69 Å². The van der Waals surface area contributed by atoms with Gasteiger partial charge in [0.1, 0.15) is 5.75 Å². The van der Waals surface area contributed by atoms with Gasteiger partial charge in [0.05, 0.1) is 12.4 Å². The van der Waals surface area contributed by atoms with Crippen molar-refractivity contribution in [3.05, 3.63) is 24.3 Å². The molecule has 0 fully saturated rings. The highest BCUT2D eigenvalue weighted by atomic mass is 32.2. The summed E-state index contributed by atoms with van der Waals surface area (Å²) < 4.78 is 7.06. The average Bonchev–Trinajstić information content (AvgIpc) is 2.96. The van der Waals surface area contributed by atoms with Crippen molar-refractivity contribution in [3.63, 3.8) is 0 Å². The van der Waals surface area contributed by atoms with Crippen LogP contribution in [0.15, 0.2) is 32.9 Å². The van der Waals surface area contributed by atoms with E-state index in [9.17, 15) is 4.79 Å². The molecule has 2 rings (SSSR count). The number of carbonyl (C=O) groups excluding carboxylic acids is 1. The minimum atomic E-state index is -0.0648. The van der Waals surface area contributed by atoms with Gasteiger partial charge in [-0.25, -0.2) is 0 Å². The van der Waals surface area contributed by atoms with E-state index >= 15 is 0 Å². The van der Waals surface area contributed by atoms with Crippen molar-refractivity contribution in [1.82, 2.24) is 10.2 Å². The van der Waals surface area contributed by atoms with Gasteiger partial charge in [-0.05, 0) is 37.4 Å². The molecule has 0 atom stereocenters. The van der Waals surface area contributed by atoms with E-state index in [1.54, 1.807) is 11.8 Å². The molecule has 1 amide bonds. The summed E-state index contributed by atoms with van der Waals surface area (Å²) in [6.45, 7) is 2.56. The number of hydrogen-bond acceptors (Lipinski definition) is 7. The molecule has 1 N–H and O–H groups in total. The molecule has 0 radical (unpaired) electrons. The summed E-state index contributed by atoms with van der Waals surface area (Å²) in [6, 6.07) is 7.32. The van der Waals surface area contributed by atoms with Crippen LogP contribution in [0.2, 0.25) is 0 Å². The number of aromatic nitrogens is 2. The topological polar surface area (TPSA) is 64.1 Å². The van der Waals surface area contributed by atoms with Crippen LogP contribution >= 0.6 is 34.9 Å². The van der Waals surface area contributed by atoms with E-state index in [1.807, 2.05) is 37.4 Å². The molecule has 5 nitrogen and oxygen atoms in total. The van der Waals surface area contributed by atoms with Gasteiger partial charge in [-0.1, -0.05) is 34.9 Å². The number of thioether (sulfide) groups is 2. The smallest absolute Gasteiger partial charge is 0.234 e. The van der Waals surface area contributed by atoms with Crippen molar-refractivity contribution < 1.29 is 9.53 Å². The Balaban J connectivity index is 1.81. The number of anilines is 1. The van der Waals surface area contributed by atoms with E-state index in [4.69, 9.17) is 4.74 Å². The first-order valence-electron chi connectivity index (χ1n) is 6.24. The molecule has 1 aromatic carbocycles. The van der Waals surface area contributed by atoms with Crippen molar-refractivity contribution in [2.75, 3.05) is 23.9 Å². The second-order valence-corrected chi connectivity index (χ2v) is 7.09. The Morgan fingerprint density at radius 2 is 2.00 bits per heavy atom. The molecule has 0 saturated carbocycles. The highest BCUT2D eigenvalue weighted by Gasteiger charge is 2.08. The van der Waals surface area contributed by atoms with Crippen molar-refractivity contribution in [2.24, 2.45) is 0 Å². The quantitative estimate of drug-likeness (QED) is 0.779. The molecule has 0 aliphatic heterocycles. The van der Waals surface area contributed by atoms with E-state index in [0.717, 1.165) is 20.1 Å². The first-order valence-corrected chi connectivity index (χ1v) is 9.27. The number of nitrogens with one attached hydrogen (secondary N) is 1. The molecule has 112 valence electrons. The van der Waals surface area contributed by atoms with Crippen LogP contribution < -0.4 is 10.1 Å². The minimum Gasteiger partial charge on any atom is -0.494 e. The Morgan fingerprint density at radius 1 is 1.29 bits per heavy atom. The first-order chi connectivity index (χ1) is 10.2. The van der Waals surface area contributed by atoms with Crippen LogP contribution in [0, 0.1) is 0 Å². The molecular weight excluding hydrogens is 326 g/mol. The standard InChI is InChI=1S/C13H15N3O2S3/c1-3-18-10-6-4-9(5-7-10)14-11(17)8-20-13-16-15-12(19-2)21-13/h4-7H,3,8H2,1-2H3,(H,14,17). The minimum absolute atomic E-state index is 0.0648. The van der Waals surface area contributed by atoms with Gasteiger partial charge in [-0.15, -0.1) is 10.2 Å². The predicted octanol–water partition coefficient (Wildman–Crippen LogP) is 3.39. The maximum Gasteiger partial charge on any atom is 0.234 e. The molecule has 1 heterocycles. The molecule has 0 bridgehead atoms.